The highest BCUT2D eigenvalue weighted by molar-refractivity contribution is 5.76. The van der Waals surface area contributed by atoms with Gasteiger partial charge in [0.05, 0.1) is 25.4 Å². The number of nitrogens with zero attached hydrogens (tertiary/aromatic N) is 2. The molecule has 2 rings (SSSR count). The normalized spacial score (nSPS) is 23.9. The Morgan fingerprint density at radius 3 is 1.26 bits per heavy atom. The largest absolute Gasteiger partial charge is 0.466 e. The van der Waals surface area contributed by atoms with Crippen molar-refractivity contribution in [3.8, 4) is 0 Å². The van der Waals surface area contributed by atoms with Crippen LogP contribution in [0.2, 0.25) is 0 Å². The summed E-state index contributed by atoms with van der Waals surface area (Å²) in [6.45, 7) is 15.7. The van der Waals surface area contributed by atoms with Crippen LogP contribution < -0.4 is 0 Å². The molecule has 2 amide bonds. The topological polar surface area (TPSA) is 152 Å². The zero-order valence-electron chi connectivity index (χ0n) is 24.0. The lowest BCUT2D eigenvalue weighted by Gasteiger charge is -2.35. The number of aliphatic hydroxyl groups is 2. The predicted molar refractivity (Wildman–Crippen MR) is 137 cm³/mol. The molecule has 2 fully saturated rings. The lowest BCUT2D eigenvalue weighted by Crippen LogP contribution is -2.50. The maximum atomic E-state index is 11.9. The van der Waals surface area contributed by atoms with E-state index in [0.717, 1.165) is 0 Å². The average Bonchev–Trinajstić information content (AvgIpc) is 2.78. The molecular weight excluding hydrogens is 500 g/mol. The van der Waals surface area contributed by atoms with Crippen molar-refractivity contribution in [3.05, 3.63) is 0 Å². The Bertz CT molecular complexity index is 739. The van der Waals surface area contributed by atoms with E-state index in [-0.39, 0.29) is 26.3 Å². The molecule has 0 aromatic carbocycles. The van der Waals surface area contributed by atoms with Gasteiger partial charge in [-0.2, -0.15) is 0 Å². The fourth-order valence-electron chi connectivity index (χ4n) is 3.83. The first-order valence-electron chi connectivity index (χ1n) is 13.1. The molecule has 38 heavy (non-hydrogen) atoms. The maximum Gasteiger partial charge on any atom is 0.410 e. The van der Waals surface area contributed by atoms with Crippen LogP contribution in [0.15, 0.2) is 0 Å². The summed E-state index contributed by atoms with van der Waals surface area (Å²) < 4.78 is 20.3. The van der Waals surface area contributed by atoms with Gasteiger partial charge in [-0.3, -0.25) is 9.59 Å². The number of hydrogen-bond donors (Lipinski definition) is 2. The molecule has 2 aliphatic heterocycles. The van der Waals surface area contributed by atoms with Crippen LogP contribution in [0.1, 0.15) is 68.2 Å². The maximum absolute atomic E-state index is 11.9. The number of likely N-dealkylation sites (tertiary alicyclic amines) is 2. The van der Waals surface area contributed by atoms with Crippen LogP contribution >= 0.6 is 0 Å². The van der Waals surface area contributed by atoms with Gasteiger partial charge >= 0.3 is 24.1 Å². The fourth-order valence-corrected chi connectivity index (χ4v) is 3.83. The third-order valence-corrected chi connectivity index (χ3v) is 5.63. The molecule has 12 heteroatoms. The molecule has 220 valence electrons. The molecule has 0 aromatic rings. The SMILES string of the molecule is CCOC(=O)[C@@H]1CN(C(=O)OC(C)(C)C)CC[C@@H]1O.CCOC(=O)[C@H]1CN(C(=O)OC(C)(C)C)CC[C@H]1O. The van der Waals surface area contributed by atoms with E-state index in [1.54, 1.807) is 55.4 Å². The highest BCUT2D eigenvalue weighted by Gasteiger charge is 2.38. The third kappa shape index (κ3) is 11.4. The fraction of sp³-hybridized carbons (Fsp3) is 0.846. The van der Waals surface area contributed by atoms with Gasteiger partial charge in [0, 0.05) is 26.2 Å². The van der Waals surface area contributed by atoms with E-state index in [0.29, 0.717) is 25.9 Å². The molecule has 0 saturated carbocycles. The molecule has 0 aromatic heterocycles. The van der Waals surface area contributed by atoms with Crippen molar-refractivity contribution >= 4 is 24.1 Å². The number of piperidine rings is 2. The second-order valence-corrected chi connectivity index (χ2v) is 11.3. The highest BCUT2D eigenvalue weighted by atomic mass is 16.6. The van der Waals surface area contributed by atoms with Gasteiger partial charge in [-0.15, -0.1) is 0 Å². The van der Waals surface area contributed by atoms with E-state index in [2.05, 4.69) is 0 Å². The summed E-state index contributed by atoms with van der Waals surface area (Å²) in [5.41, 5.74) is -1.15. The van der Waals surface area contributed by atoms with Crippen LogP contribution in [0.5, 0.6) is 0 Å². The Labute approximate surface area is 225 Å². The molecule has 0 spiro atoms. The second-order valence-electron chi connectivity index (χ2n) is 11.3. The monoisotopic (exact) mass is 546 g/mol. The lowest BCUT2D eigenvalue weighted by atomic mass is 9.95. The van der Waals surface area contributed by atoms with E-state index in [4.69, 9.17) is 18.9 Å². The van der Waals surface area contributed by atoms with Crippen molar-refractivity contribution in [2.75, 3.05) is 39.4 Å². The Kier molecular flexibility index (Phi) is 12.8. The summed E-state index contributed by atoms with van der Waals surface area (Å²) >= 11 is 0. The lowest BCUT2D eigenvalue weighted by molar-refractivity contribution is -0.156. The van der Waals surface area contributed by atoms with Crippen molar-refractivity contribution in [1.29, 1.82) is 0 Å². The summed E-state index contributed by atoms with van der Waals surface area (Å²) in [5, 5.41) is 19.6. The van der Waals surface area contributed by atoms with Crippen LogP contribution in [-0.4, -0.2) is 107 Å². The molecule has 0 radical (unpaired) electrons. The zero-order valence-corrected chi connectivity index (χ0v) is 24.0. The minimum absolute atomic E-state index is 0.134. The summed E-state index contributed by atoms with van der Waals surface area (Å²) in [4.78, 5) is 50.1. The molecule has 12 nitrogen and oxygen atoms in total. The highest BCUT2D eigenvalue weighted by Crippen LogP contribution is 2.22. The number of hydrogen-bond acceptors (Lipinski definition) is 10. The Balaban J connectivity index is 0.000000380. The van der Waals surface area contributed by atoms with Crippen molar-refractivity contribution < 1.29 is 48.3 Å². The number of esters is 2. The third-order valence-electron chi connectivity index (χ3n) is 5.63. The first-order chi connectivity index (χ1) is 17.5. The molecule has 0 bridgehead atoms. The van der Waals surface area contributed by atoms with Gasteiger partial charge in [0.2, 0.25) is 0 Å². The van der Waals surface area contributed by atoms with E-state index < -0.39 is 59.4 Å². The Hall–Kier alpha value is -2.60. The van der Waals surface area contributed by atoms with Crippen molar-refractivity contribution in [1.82, 2.24) is 9.80 Å². The summed E-state index contributed by atoms with van der Waals surface area (Å²) in [6, 6.07) is 0. The van der Waals surface area contributed by atoms with Gasteiger partial charge < -0.3 is 39.0 Å². The first kappa shape index (κ1) is 33.4. The Morgan fingerprint density at radius 1 is 0.684 bits per heavy atom. The minimum atomic E-state index is -0.766. The average molecular weight is 547 g/mol. The number of ether oxygens (including phenoxy) is 4. The van der Waals surface area contributed by atoms with E-state index >= 15 is 0 Å². The van der Waals surface area contributed by atoms with E-state index in [1.807, 2.05) is 0 Å². The van der Waals surface area contributed by atoms with Gasteiger partial charge in [-0.25, -0.2) is 9.59 Å². The summed E-state index contributed by atoms with van der Waals surface area (Å²) in [5.74, 6) is -2.33. The summed E-state index contributed by atoms with van der Waals surface area (Å²) in [6.07, 6.45) is -1.76. The van der Waals surface area contributed by atoms with Crippen molar-refractivity contribution in [3.63, 3.8) is 0 Å². The summed E-state index contributed by atoms with van der Waals surface area (Å²) in [7, 11) is 0. The van der Waals surface area contributed by atoms with Gasteiger partial charge in [0.25, 0.3) is 0 Å². The smallest absolute Gasteiger partial charge is 0.410 e. The molecule has 2 heterocycles. The van der Waals surface area contributed by atoms with E-state index in [9.17, 15) is 29.4 Å². The van der Waals surface area contributed by atoms with Crippen LogP contribution in [-0.2, 0) is 28.5 Å². The van der Waals surface area contributed by atoms with Gasteiger partial charge in [-0.1, -0.05) is 0 Å². The van der Waals surface area contributed by atoms with Crippen LogP contribution in [0.4, 0.5) is 9.59 Å². The predicted octanol–water partition coefficient (Wildman–Crippen LogP) is 2.33. The molecule has 2 N–H and O–H groups in total. The Morgan fingerprint density at radius 2 is 1.00 bits per heavy atom. The van der Waals surface area contributed by atoms with Gasteiger partial charge in [-0.05, 0) is 68.2 Å². The van der Waals surface area contributed by atoms with Crippen LogP contribution in [0.3, 0.4) is 0 Å². The number of rotatable bonds is 4. The first-order valence-corrected chi connectivity index (χ1v) is 13.1. The molecule has 4 atom stereocenters. The van der Waals surface area contributed by atoms with Gasteiger partial charge in [0.15, 0.2) is 0 Å². The minimum Gasteiger partial charge on any atom is -0.466 e. The molecule has 2 saturated heterocycles. The number of amides is 2. The second kappa shape index (κ2) is 14.5. The molecular formula is C26H46N2O10. The number of aliphatic hydroxyl groups excluding tert-OH is 2. The number of carbonyl (C=O) groups is 4. The molecule has 0 unspecified atom stereocenters. The van der Waals surface area contributed by atoms with Crippen LogP contribution in [0.25, 0.3) is 0 Å². The zero-order chi connectivity index (χ0) is 29.3. The quantitative estimate of drug-likeness (QED) is 0.397. The van der Waals surface area contributed by atoms with E-state index in [1.165, 1.54) is 9.80 Å². The standard InChI is InChI=1S/2C13H23NO5/c2*1-5-18-11(16)9-8-14(7-6-10(9)15)12(17)19-13(2,3)4/h2*9-10,15H,5-8H2,1-4H3/t2*9-,10+/m10/s1. The van der Waals surface area contributed by atoms with Gasteiger partial charge in [0.1, 0.15) is 23.0 Å². The molecule has 0 aliphatic carbocycles. The number of carbonyl (C=O) groups excluding carboxylic acids is 4. The van der Waals surface area contributed by atoms with Crippen LogP contribution in [0, 0.1) is 11.8 Å². The molecule has 2 aliphatic rings. The van der Waals surface area contributed by atoms with Crippen molar-refractivity contribution in [2.45, 2.75) is 91.6 Å². The van der Waals surface area contributed by atoms with Crippen molar-refractivity contribution in [2.24, 2.45) is 11.8 Å².